The Morgan fingerprint density at radius 2 is 1.32 bits per heavy atom. The van der Waals surface area contributed by atoms with Gasteiger partial charge in [0.1, 0.15) is 6.26 Å². The van der Waals surface area contributed by atoms with Crippen LogP contribution in [0.5, 0.6) is 0 Å². The third-order valence-corrected chi connectivity index (χ3v) is 5.99. The van der Waals surface area contributed by atoms with Crippen molar-refractivity contribution in [3.8, 4) is 0 Å². The average molecular weight is 436 g/mol. The van der Waals surface area contributed by atoms with E-state index in [-0.39, 0.29) is 11.9 Å². The van der Waals surface area contributed by atoms with Gasteiger partial charge in [-0.25, -0.2) is 4.98 Å². The highest BCUT2D eigenvalue weighted by Crippen LogP contribution is 2.15. The number of carbonyl (C=O) groups is 1. The lowest BCUT2D eigenvalue weighted by atomic mass is 10.0. The van der Waals surface area contributed by atoms with Crippen LogP contribution >= 0.6 is 0 Å². The van der Waals surface area contributed by atoms with E-state index >= 15 is 0 Å². The lowest BCUT2D eigenvalue weighted by Gasteiger charge is -2.05. The van der Waals surface area contributed by atoms with Gasteiger partial charge in [-0.1, -0.05) is 117 Å². The normalized spacial score (nSPS) is 12.2. The van der Waals surface area contributed by atoms with Gasteiger partial charge in [0.15, 0.2) is 5.69 Å². The summed E-state index contributed by atoms with van der Waals surface area (Å²) in [6, 6.07) is -0.230. The molecule has 1 aromatic heterocycles. The molecule has 0 spiro atoms. The summed E-state index contributed by atoms with van der Waals surface area (Å²) in [4.78, 5) is 16.3. The topological polar surface area (TPSA) is 81.2 Å². The number of hydrogen-bond donors (Lipinski definition) is 2. The van der Waals surface area contributed by atoms with E-state index < -0.39 is 0 Å². The Labute approximate surface area is 191 Å². The molecule has 0 aromatic carbocycles. The average Bonchev–Trinajstić information content (AvgIpc) is 3.26. The highest BCUT2D eigenvalue weighted by atomic mass is 16.3. The van der Waals surface area contributed by atoms with Crippen molar-refractivity contribution in [1.29, 1.82) is 0 Å². The number of carbonyl (C=O) groups excluding carboxylic acids is 1. The molecule has 5 nitrogen and oxygen atoms in total. The molecule has 1 heterocycles. The second kappa shape index (κ2) is 19.3. The predicted molar refractivity (Wildman–Crippen MR) is 130 cm³/mol. The van der Waals surface area contributed by atoms with Crippen LogP contribution in [0.3, 0.4) is 0 Å². The molecule has 0 fully saturated rings. The zero-order valence-corrected chi connectivity index (χ0v) is 20.4. The molecule has 31 heavy (non-hydrogen) atoms. The highest BCUT2D eigenvalue weighted by Gasteiger charge is 2.16. The van der Waals surface area contributed by atoms with E-state index in [9.17, 15) is 4.79 Å². The molecule has 1 unspecified atom stereocenters. The van der Waals surface area contributed by atoms with Crippen molar-refractivity contribution in [3.05, 3.63) is 17.8 Å². The van der Waals surface area contributed by atoms with Gasteiger partial charge < -0.3 is 15.5 Å². The van der Waals surface area contributed by atoms with Gasteiger partial charge in [0.05, 0.1) is 6.04 Å². The SMILES string of the molecule is CCCCCCCCCCCCCCCCCCNC(=O)c1coc(C(N)CCC)n1. The molecule has 1 aromatic rings. The minimum Gasteiger partial charge on any atom is -0.446 e. The van der Waals surface area contributed by atoms with E-state index in [1.165, 1.54) is 103 Å². The molecule has 0 aliphatic heterocycles. The van der Waals surface area contributed by atoms with Gasteiger partial charge in [0.25, 0.3) is 5.91 Å². The Morgan fingerprint density at radius 3 is 1.81 bits per heavy atom. The first-order valence-corrected chi connectivity index (χ1v) is 13.2. The van der Waals surface area contributed by atoms with E-state index in [0.29, 0.717) is 18.1 Å². The summed E-state index contributed by atoms with van der Waals surface area (Å²) in [5, 5.41) is 2.93. The minimum atomic E-state index is -0.230. The minimum absolute atomic E-state index is 0.167. The molecule has 5 heteroatoms. The van der Waals surface area contributed by atoms with E-state index in [1.807, 2.05) is 0 Å². The quantitative estimate of drug-likeness (QED) is 0.196. The standard InChI is InChI=1S/C26H49N3O2/c1-3-5-6-7-8-9-10-11-12-13-14-15-16-17-18-19-21-28-25(30)24-22-31-26(29-24)23(27)20-4-2/h22-23H,3-21,27H2,1-2H3,(H,28,30). The second-order valence-corrected chi connectivity index (χ2v) is 9.03. The second-order valence-electron chi connectivity index (χ2n) is 9.03. The van der Waals surface area contributed by atoms with Crippen LogP contribution < -0.4 is 11.1 Å². The zero-order valence-electron chi connectivity index (χ0n) is 20.4. The number of nitrogens with one attached hydrogen (secondary N) is 1. The Kier molecular flexibility index (Phi) is 17.3. The number of aromatic nitrogens is 1. The van der Waals surface area contributed by atoms with Gasteiger partial charge in [0, 0.05) is 6.54 Å². The third-order valence-electron chi connectivity index (χ3n) is 5.99. The van der Waals surface area contributed by atoms with Crippen LogP contribution in [-0.4, -0.2) is 17.4 Å². The van der Waals surface area contributed by atoms with Gasteiger partial charge in [0.2, 0.25) is 5.89 Å². The van der Waals surface area contributed by atoms with Crippen molar-refractivity contribution in [3.63, 3.8) is 0 Å². The highest BCUT2D eigenvalue weighted by molar-refractivity contribution is 5.91. The van der Waals surface area contributed by atoms with Crippen LogP contribution in [0.15, 0.2) is 10.7 Å². The van der Waals surface area contributed by atoms with Crippen molar-refractivity contribution in [2.45, 2.75) is 135 Å². The number of nitrogens with zero attached hydrogens (tertiary/aromatic N) is 1. The van der Waals surface area contributed by atoms with Crippen molar-refractivity contribution in [2.75, 3.05) is 6.54 Å². The Hall–Kier alpha value is -1.36. The summed E-state index contributed by atoms with van der Waals surface area (Å²) in [6.45, 7) is 5.04. The molecule has 0 radical (unpaired) electrons. The first-order chi connectivity index (χ1) is 15.2. The fourth-order valence-corrected chi connectivity index (χ4v) is 3.96. The summed E-state index contributed by atoms with van der Waals surface area (Å²) >= 11 is 0. The van der Waals surface area contributed by atoms with Crippen LogP contribution in [0.4, 0.5) is 0 Å². The predicted octanol–water partition coefficient (Wildman–Crippen LogP) is 7.47. The molecule has 0 bridgehead atoms. The maximum absolute atomic E-state index is 12.1. The first-order valence-electron chi connectivity index (χ1n) is 13.2. The van der Waals surface area contributed by atoms with E-state index in [2.05, 4.69) is 24.1 Å². The number of hydrogen-bond acceptors (Lipinski definition) is 4. The van der Waals surface area contributed by atoms with E-state index in [4.69, 9.17) is 10.2 Å². The summed E-state index contributed by atoms with van der Waals surface area (Å²) in [5.74, 6) is 0.286. The lowest BCUT2D eigenvalue weighted by molar-refractivity contribution is 0.0948. The summed E-state index contributed by atoms with van der Waals surface area (Å²) < 4.78 is 5.34. The molecule has 1 rings (SSSR count). The molecule has 0 saturated heterocycles. The van der Waals surface area contributed by atoms with Crippen LogP contribution in [0.2, 0.25) is 0 Å². The molecule has 1 amide bonds. The van der Waals surface area contributed by atoms with Gasteiger partial charge >= 0.3 is 0 Å². The molecule has 3 N–H and O–H groups in total. The van der Waals surface area contributed by atoms with Gasteiger partial charge in [-0.15, -0.1) is 0 Å². The van der Waals surface area contributed by atoms with Gasteiger partial charge in [-0.05, 0) is 12.8 Å². The third kappa shape index (κ3) is 14.3. The van der Waals surface area contributed by atoms with Crippen molar-refractivity contribution >= 4 is 5.91 Å². The van der Waals surface area contributed by atoms with Crippen molar-refractivity contribution < 1.29 is 9.21 Å². The number of amides is 1. The summed E-state index contributed by atoms with van der Waals surface area (Å²) in [7, 11) is 0. The Balaban J connectivity index is 1.87. The number of oxazole rings is 1. The monoisotopic (exact) mass is 435 g/mol. The largest absolute Gasteiger partial charge is 0.446 e. The first kappa shape index (κ1) is 27.7. The maximum atomic E-state index is 12.1. The Bertz CT molecular complexity index is 545. The maximum Gasteiger partial charge on any atom is 0.273 e. The van der Waals surface area contributed by atoms with E-state index in [0.717, 1.165) is 19.3 Å². The van der Waals surface area contributed by atoms with Crippen LogP contribution in [-0.2, 0) is 0 Å². The van der Waals surface area contributed by atoms with E-state index in [1.54, 1.807) is 0 Å². The molecule has 1 atom stereocenters. The molecule has 0 saturated carbocycles. The molecule has 180 valence electrons. The Morgan fingerprint density at radius 1 is 0.839 bits per heavy atom. The number of unbranched alkanes of at least 4 members (excludes halogenated alkanes) is 15. The molecule has 0 aliphatic carbocycles. The smallest absolute Gasteiger partial charge is 0.273 e. The molecular weight excluding hydrogens is 386 g/mol. The number of nitrogens with two attached hydrogens (primary N) is 1. The van der Waals surface area contributed by atoms with Crippen LogP contribution in [0.25, 0.3) is 0 Å². The lowest BCUT2D eigenvalue weighted by Crippen LogP contribution is -2.25. The van der Waals surface area contributed by atoms with Crippen molar-refractivity contribution in [2.24, 2.45) is 5.73 Å². The zero-order chi connectivity index (χ0) is 22.6. The summed E-state index contributed by atoms with van der Waals surface area (Å²) in [6.07, 6.45) is 24.8. The fourth-order valence-electron chi connectivity index (χ4n) is 3.96. The van der Waals surface area contributed by atoms with Crippen molar-refractivity contribution in [1.82, 2.24) is 10.3 Å². The summed E-state index contributed by atoms with van der Waals surface area (Å²) in [5.41, 5.74) is 6.31. The van der Waals surface area contributed by atoms with Crippen LogP contribution in [0.1, 0.15) is 152 Å². The number of rotatable bonds is 21. The van der Waals surface area contributed by atoms with Gasteiger partial charge in [-0.2, -0.15) is 0 Å². The fraction of sp³-hybridized carbons (Fsp3) is 0.846. The molecule has 0 aliphatic rings. The van der Waals surface area contributed by atoms with Gasteiger partial charge in [-0.3, -0.25) is 4.79 Å². The molecular formula is C26H49N3O2. The van der Waals surface area contributed by atoms with Crippen LogP contribution in [0, 0.1) is 0 Å².